The molecular weight excluding hydrogens is 232 g/mol. The molecule has 0 bridgehead atoms. The molecule has 0 aliphatic heterocycles. The first kappa shape index (κ1) is 17.0. The first-order chi connectivity index (χ1) is 8.66. The maximum atomic E-state index is 6.27. The summed E-state index contributed by atoms with van der Waals surface area (Å²) in [7, 11) is 0. The highest BCUT2D eigenvalue weighted by atomic mass is 15.1. The lowest BCUT2D eigenvalue weighted by Crippen LogP contribution is -2.51. The van der Waals surface area contributed by atoms with Crippen LogP contribution in [0.5, 0.6) is 0 Å². The van der Waals surface area contributed by atoms with Crippen molar-refractivity contribution in [2.75, 3.05) is 13.1 Å². The van der Waals surface area contributed by atoms with Gasteiger partial charge in [-0.05, 0) is 49.9 Å². The fourth-order valence-electron chi connectivity index (χ4n) is 3.51. The summed E-state index contributed by atoms with van der Waals surface area (Å²) in [5.41, 5.74) is 6.64. The molecule has 3 unspecified atom stereocenters. The van der Waals surface area contributed by atoms with Crippen LogP contribution in [-0.4, -0.2) is 30.1 Å². The van der Waals surface area contributed by atoms with Crippen molar-refractivity contribution in [1.82, 2.24) is 4.90 Å². The van der Waals surface area contributed by atoms with E-state index in [2.05, 4.69) is 53.4 Å². The standard InChI is InChI=1S/C17H36N2/c1-12(2)10-19(13(3)4)11-15-8-9-16(18)14(5)17(15,6)7/h12-16H,8-11,18H2,1-7H3. The third-order valence-electron chi connectivity index (χ3n) is 5.50. The molecule has 114 valence electrons. The Morgan fingerprint density at radius 2 is 1.74 bits per heavy atom. The third kappa shape index (κ3) is 4.19. The summed E-state index contributed by atoms with van der Waals surface area (Å²) in [4.78, 5) is 2.67. The smallest absolute Gasteiger partial charge is 0.00698 e. The maximum Gasteiger partial charge on any atom is 0.00698 e. The highest BCUT2D eigenvalue weighted by Gasteiger charge is 2.42. The monoisotopic (exact) mass is 268 g/mol. The van der Waals surface area contributed by atoms with Crippen molar-refractivity contribution in [3.63, 3.8) is 0 Å². The molecule has 0 spiro atoms. The van der Waals surface area contributed by atoms with E-state index < -0.39 is 0 Å². The van der Waals surface area contributed by atoms with Crippen molar-refractivity contribution in [1.29, 1.82) is 0 Å². The Kier molecular flexibility index (Phi) is 5.88. The minimum absolute atomic E-state index is 0.363. The van der Waals surface area contributed by atoms with Crippen molar-refractivity contribution < 1.29 is 0 Å². The van der Waals surface area contributed by atoms with Gasteiger partial charge in [0, 0.05) is 25.2 Å². The van der Waals surface area contributed by atoms with E-state index in [9.17, 15) is 0 Å². The Morgan fingerprint density at radius 1 is 1.16 bits per heavy atom. The van der Waals surface area contributed by atoms with Crippen LogP contribution in [0.3, 0.4) is 0 Å². The molecule has 2 heteroatoms. The number of nitrogens with two attached hydrogens (primary N) is 1. The van der Waals surface area contributed by atoms with E-state index in [4.69, 9.17) is 5.73 Å². The van der Waals surface area contributed by atoms with Crippen molar-refractivity contribution in [2.45, 2.75) is 73.4 Å². The summed E-state index contributed by atoms with van der Waals surface area (Å²) in [6.07, 6.45) is 2.49. The second-order valence-corrected chi connectivity index (χ2v) is 7.99. The molecule has 1 fully saturated rings. The van der Waals surface area contributed by atoms with Gasteiger partial charge in [0.2, 0.25) is 0 Å². The zero-order chi connectivity index (χ0) is 14.8. The van der Waals surface area contributed by atoms with Crippen LogP contribution in [0.1, 0.15) is 61.3 Å². The molecule has 1 rings (SSSR count). The molecule has 0 amide bonds. The Hall–Kier alpha value is -0.0800. The van der Waals surface area contributed by atoms with Gasteiger partial charge < -0.3 is 10.6 Å². The van der Waals surface area contributed by atoms with E-state index in [1.165, 1.54) is 25.9 Å². The number of nitrogens with zero attached hydrogens (tertiary/aromatic N) is 1. The minimum atomic E-state index is 0.363. The number of hydrogen-bond acceptors (Lipinski definition) is 2. The van der Waals surface area contributed by atoms with Gasteiger partial charge in [-0.25, -0.2) is 0 Å². The SMILES string of the molecule is CC(C)CN(CC1CCC(N)C(C)C1(C)C)C(C)C. The van der Waals surface area contributed by atoms with Gasteiger partial charge in [0.15, 0.2) is 0 Å². The Bertz CT molecular complexity index is 270. The van der Waals surface area contributed by atoms with Crippen LogP contribution in [0.25, 0.3) is 0 Å². The van der Waals surface area contributed by atoms with Gasteiger partial charge in [-0.15, -0.1) is 0 Å². The quantitative estimate of drug-likeness (QED) is 0.823. The summed E-state index contributed by atoms with van der Waals surface area (Å²) in [6.45, 7) is 18.9. The predicted octanol–water partition coefficient (Wildman–Crippen LogP) is 3.75. The second kappa shape index (κ2) is 6.58. The Labute approximate surface area is 121 Å². The van der Waals surface area contributed by atoms with Crippen LogP contribution in [0.2, 0.25) is 0 Å². The van der Waals surface area contributed by atoms with Gasteiger partial charge in [0.1, 0.15) is 0 Å². The van der Waals surface area contributed by atoms with Crippen LogP contribution in [0.15, 0.2) is 0 Å². The topological polar surface area (TPSA) is 29.3 Å². The van der Waals surface area contributed by atoms with E-state index in [0.717, 1.165) is 11.8 Å². The zero-order valence-electron chi connectivity index (χ0n) is 14.2. The summed E-state index contributed by atoms with van der Waals surface area (Å²) in [5, 5.41) is 0. The van der Waals surface area contributed by atoms with Gasteiger partial charge >= 0.3 is 0 Å². The molecule has 2 nitrogen and oxygen atoms in total. The van der Waals surface area contributed by atoms with E-state index in [1.54, 1.807) is 0 Å². The van der Waals surface area contributed by atoms with Crippen molar-refractivity contribution in [2.24, 2.45) is 28.9 Å². The molecule has 0 aromatic heterocycles. The molecule has 19 heavy (non-hydrogen) atoms. The van der Waals surface area contributed by atoms with E-state index in [0.29, 0.717) is 23.4 Å². The van der Waals surface area contributed by atoms with E-state index >= 15 is 0 Å². The molecule has 0 aromatic rings. The molecule has 0 radical (unpaired) electrons. The molecule has 0 heterocycles. The zero-order valence-corrected chi connectivity index (χ0v) is 14.2. The fraction of sp³-hybridized carbons (Fsp3) is 1.00. The van der Waals surface area contributed by atoms with Gasteiger partial charge in [-0.2, -0.15) is 0 Å². The molecule has 1 aliphatic rings. The highest BCUT2D eigenvalue weighted by molar-refractivity contribution is 4.94. The van der Waals surface area contributed by atoms with Crippen molar-refractivity contribution in [3.8, 4) is 0 Å². The third-order valence-corrected chi connectivity index (χ3v) is 5.50. The molecule has 1 aliphatic carbocycles. The largest absolute Gasteiger partial charge is 0.327 e. The summed E-state index contributed by atoms with van der Waals surface area (Å²) < 4.78 is 0. The Balaban J connectivity index is 2.73. The lowest BCUT2D eigenvalue weighted by molar-refractivity contribution is 0.0189. The summed E-state index contributed by atoms with van der Waals surface area (Å²) in [5.74, 6) is 2.15. The summed E-state index contributed by atoms with van der Waals surface area (Å²) >= 11 is 0. The lowest BCUT2D eigenvalue weighted by atomic mass is 9.61. The molecular formula is C17H36N2. The first-order valence-corrected chi connectivity index (χ1v) is 8.15. The molecule has 3 atom stereocenters. The molecule has 1 saturated carbocycles. The predicted molar refractivity (Wildman–Crippen MR) is 85.2 cm³/mol. The fourth-order valence-corrected chi connectivity index (χ4v) is 3.51. The maximum absolute atomic E-state index is 6.27. The molecule has 0 saturated heterocycles. The van der Waals surface area contributed by atoms with Crippen molar-refractivity contribution in [3.05, 3.63) is 0 Å². The van der Waals surface area contributed by atoms with Gasteiger partial charge in [0.05, 0.1) is 0 Å². The highest BCUT2D eigenvalue weighted by Crippen LogP contribution is 2.44. The van der Waals surface area contributed by atoms with Crippen LogP contribution in [0.4, 0.5) is 0 Å². The van der Waals surface area contributed by atoms with E-state index in [-0.39, 0.29) is 0 Å². The average molecular weight is 268 g/mol. The Morgan fingerprint density at radius 3 is 2.21 bits per heavy atom. The first-order valence-electron chi connectivity index (χ1n) is 8.15. The molecule has 2 N–H and O–H groups in total. The van der Waals surface area contributed by atoms with Gasteiger partial charge in [-0.1, -0.05) is 34.6 Å². The normalized spacial score (nSPS) is 31.4. The number of rotatable bonds is 5. The second-order valence-electron chi connectivity index (χ2n) is 7.99. The van der Waals surface area contributed by atoms with Crippen molar-refractivity contribution >= 4 is 0 Å². The van der Waals surface area contributed by atoms with Gasteiger partial charge in [-0.3, -0.25) is 0 Å². The number of hydrogen-bond donors (Lipinski definition) is 1. The average Bonchev–Trinajstić information content (AvgIpc) is 2.28. The molecule has 0 aromatic carbocycles. The lowest BCUT2D eigenvalue weighted by Gasteiger charge is -2.49. The van der Waals surface area contributed by atoms with Crippen LogP contribution < -0.4 is 5.73 Å². The van der Waals surface area contributed by atoms with Gasteiger partial charge in [0.25, 0.3) is 0 Å². The minimum Gasteiger partial charge on any atom is -0.327 e. The van der Waals surface area contributed by atoms with Crippen LogP contribution in [0, 0.1) is 23.2 Å². The van der Waals surface area contributed by atoms with Crippen LogP contribution in [-0.2, 0) is 0 Å². The summed E-state index contributed by atoms with van der Waals surface area (Å²) in [6, 6.07) is 1.04. The van der Waals surface area contributed by atoms with E-state index in [1.807, 2.05) is 0 Å². The van der Waals surface area contributed by atoms with Crippen LogP contribution >= 0.6 is 0 Å².